The van der Waals surface area contributed by atoms with Gasteiger partial charge in [-0.15, -0.1) is 0 Å². The average Bonchev–Trinajstić information content (AvgIpc) is 3.21. The van der Waals surface area contributed by atoms with E-state index in [2.05, 4.69) is 9.71 Å². The van der Waals surface area contributed by atoms with Gasteiger partial charge in [-0.3, -0.25) is 4.72 Å². The van der Waals surface area contributed by atoms with Crippen LogP contribution >= 0.6 is 23.2 Å². The number of carbonyl (C=O) groups is 1. The number of amides is 1. The fourth-order valence-corrected chi connectivity index (χ4v) is 5.36. The molecule has 0 aliphatic rings. The Bertz CT molecular complexity index is 1390. The number of ether oxygens (including phenoxy) is 2. The third kappa shape index (κ3) is 7.91. The molecule has 0 fully saturated rings. The van der Waals surface area contributed by atoms with E-state index < -0.39 is 26.3 Å². The summed E-state index contributed by atoms with van der Waals surface area (Å²) < 4.78 is 53.8. The maximum atomic E-state index is 14.8. The molecule has 1 heterocycles. The second kappa shape index (κ2) is 12.4. The van der Waals surface area contributed by atoms with Crippen molar-refractivity contribution in [2.75, 3.05) is 24.9 Å². The molecule has 1 amide bonds. The number of benzene rings is 2. The van der Waals surface area contributed by atoms with E-state index in [-0.39, 0.29) is 17.5 Å². The Morgan fingerprint density at radius 2 is 1.79 bits per heavy atom. The number of anilines is 1. The van der Waals surface area contributed by atoms with E-state index >= 15 is 0 Å². The minimum absolute atomic E-state index is 0.188. The van der Waals surface area contributed by atoms with Crippen LogP contribution < -0.4 is 9.46 Å². The van der Waals surface area contributed by atoms with Crippen molar-refractivity contribution in [3.05, 3.63) is 52.4 Å². The van der Waals surface area contributed by atoms with Gasteiger partial charge in [-0.05, 0) is 57.9 Å². The number of H-pyrrole nitrogens is 1. The zero-order valence-corrected chi connectivity index (χ0v) is 24.1. The number of unbranched alkanes of at least 4 members (excludes halogenated alkanes) is 3. The lowest BCUT2D eigenvalue weighted by molar-refractivity contribution is 0.0296. The molecule has 12 heteroatoms. The molecule has 38 heavy (non-hydrogen) atoms. The molecule has 0 radical (unpaired) electrons. The Kier molecular flexibility index (Phi) is 9.78. The molecule has 3 aromatic rings. The molecule has 0 saturated heterocycles. The highest BCUT2D eigenvalue weighted by Gasteiger charge is 2.22. The summed E-state index contributed by atoms with van der Waals surface area (Å²) in [7, 11) is -2.53. The summed E-state index contributed by atoms with van der Waals surface area (Å²) in [6, 6.07) is 6.60. The zero-order chi connectivity index (χ0) is 28.1. The highest BCUT2D eigenvalue weighted by molar-refractivity contribution is 7.92. The summed E-state index contributed by atoms with van der Waals surface area (Å²) in [5.74, 6) is -0.703. The van der Waals surface area contributed by atoms with Crippen LogP contribution in [0.2, 0.25) is 10.0 Å². The predicted octanol–water partition coefficient (Wildman–Crippen LogP) is 7.22. The molecule has 0 atom stereocenters. The number of halogens is 3. The molecule has 0 aliphatic heterocycles. The van der Waals surface area contributed by atoms with Gasteiger partial charge in [0.2, 0.25) is 0 Å². The van der Waals surface area contributed by atoms with Crippen molar-refractivity contribution in [3.8, 4) is 5.75 Å². The maximum Gasteiger partial charge on any atom is 0.410 e. The second-order valence-electron chi connectivity index (χ2n) is 9.84. The van der Waals surface area contributed by atoms with Crippen LogP contribution in [-0.4, -0.2) is 50.2 Å². The van der Waals surface area contributed by atoms with Crippen LogP contribution in [0.3, 0.4) is 0 Å². The van der Waals surface area contributed by atoms with E-state index in [0.29, 0.717) is 34.1 Å². The molecule has 1 aromatic heterocycles. The molecule has 3 rings (SSSR count). The fraction of sp³-hybridized carbons (Fsp3) is 0.423. The van der Waals surface area contributed by atoms with Gasteiger partial charge in [-0.2, -0.15) is 0 Å². The van der Waals surface area contributed by atoms with Crippen LogP contribution in [0.15, 0.2) is 41.4 Å². The van der Waals surface area contributed by atoms with Crippen molar-refractivity contribution in [1.29, 1.82) is 0 Å². The van der Waals surface area contributed by atoms with Crippen molar-refractivity contribution in [3.63, 3.8) is 0 Å². The minimum atomic E-state index is -4.24. The number of aromatic nitrogens is 1. The predicted molar refractivity (Wildman–Crippen MR) is 148 cm³/mol. The standard InChI is InChI=1S/C26H32Cl2FN3O5S/c1-26(2,3)37-25(33)32(4)13-7-5-6-8-14-36-17-9-12-22(20(29)15-17)38(34,35)31-21-11-10-18(27)23-19(28)16-30-24(21)23/h9-12,15-16,30-31H,5-8,13-14H2,1-4H3. The van der Waals surface area contributed by atoms with Crippen LogP contribution in [0, 0.1) is 5.82 Å². The minimum Gasteiger partial charge on any atom is -0.493 e. The molecule has 0 bridgehead atoms. The van der Waals surface area contributed by atoms with Crippen molar-refractivity contribution in [1.82, 2.24) is 9.88 Å². The number of rotatable bonds is 11. The van der Waals surface area contributed by atoms with E-state index in [0.717, 1.165) is 37.8 Å². The van der Waals surface area contributed by atoms with E-state index in [1.807, 2.05) is 20.8 Å². The second-order valence-corrected chi connectivity index (χ2v) is 12.3. The summed E-state index contributed by atoms with van der Waals surface area (Å²) in [4.78, 5) is 15.9. The zero-order valence-electron chi connectivity index (χ0n) is 21.7. The van der Waals surface area contributed by atoms with Gasteiger partial charge >= 0.3 is 6.09 Å². The van der Waals surface area contributed by atoms with Gasteiger partial charge in [0.15, 0.2) is 0 Å². The summed E-state index contributed by atoms with van der Waals surface area (Å²) in [5.41, 5.74) is 0.0538. The number of aromatic amines is 1. The molecule has 0 spiro atoms. The lowest BCUT2D eigenvalue weighted by Crippen LogP contribution is -2.34. The quantitative estimate of drug-likeness (QED) is 0.231. The monoisotopic (exact) mass is 587 g/mol. The first-order valence-electron chi connectivity index (χ1n) is 12.1. The van der Waals surface area contributed by atoms with Gasteiger partial charge in [0.1, 0.15) is 22.1 Å². The molecular weight excluding hydrogens is 556 g/mol. The first kappa shape index (κ1) is 29.9. The van der Waals surface area contributed by atoms with Crippen molar-refractivity contribution in [2.24, 2.45) is 0 Å². The van der Waals surface area contributed by atoms with Crippen LogP contribution in [0.5, 0.6) is 5.75 Å². The number of fused-ring (bicyclic) bond motifs is 1. The summed E-state index contributed by atoms with van der Waals surface area (Å²) in [6.07, 6.45) is 4.43. The third-order valence-corrected chi connectivity index (χ3v) is 7.55. The number of nitrogens with one attached hydrogen (secondary N) is 2. The highest BCUT2D eigenvalue weighted by atomic mass is 35.5. The van der Waals surface area contributed by atoms with Gasteiger partial charge in [0.05, 0.1) is 27.9 Å². The maximum absolute atomic E-state index is 14.8. The summed E-state index contributed by atoms with van der Waals surface area (Å²) in [6.45, 7) is 6.41. The Balaban J connectivity index is 1.48. The van der Waals surface area contributed by atoms with Crippen molar-refractivity contribution in [2.45, 2.75) is 57.0 Å². The highest BCUT2D eigenvalue weighted by Crippen LogP contribution is 2.35. The van der Waals surface area contributed by atoms with E-state index in [1.165, 1.54) is 24.4 Å². The third-order valence-electron chi connectivity index (χ3n) is 5.54. The van der Waals surface area contributed by atoms with Gasteiger partial charge in [-0.1, -0.05) is 36.0 Å². The number of carbonyl (C=O) groups excluding carboxylic acids is 1. The number of nitrogens with zero attached hydrogens (tertiary/aromatic N) is 1. The largest absolute Gasteiger partial charge is 0.493 e. The molecular formula is C26H32Cl2FN3O5S. The molecule has 0 aliphatic carbocycles. The van der Waals surface area contributed by atoms with E-state index in [4.69, 9.17) is 32.7 Å². The average molecular weight is 589 g/mol. The van der Waals surface area contributed by atoms with Crippen molar-refractivity contribution >= 4 is 55.9 Å². The smallest absolute Gasteiger partial charge is 0.410 e. The summed E-state index contributed by atoms with van der Waals surface area (Å²) >= 11 is 12.3. The Hall–Kier alpha value is -2.69. The number of sulfonamides is 1. The first-order valence-corrected chi connectivity index (χ1v) is 14.4. The topological polar surface area (TPSA) is 101 Å². The van der Waals surface area contributed by atoms with Gasteiger partial charge in [0.25, 0.3) is 10.0 Å². The Labute approximate surface area is 232 Å². The van der Waals surface area contributed by atoms with Crippen LogP contribution in [0.1, 0.15) is 46.5 Å². The van der Waals surface area contributed by atoms with Crippen LogP contribution in [0.4, 0.5) is 14.9 Å². The molecule has 208 valence electrons. The van der Waals surface area contributed by atoms with Gasteiger partial charge in [-0.25, -0.2) is 17.6 Å². The molecule has 2 N–H and O–H groups in total. The van der Waals surface area contributed by atoms with Crippen molar-refractivity contribution < 1.29 is 27.1 Å². The normalized spacial score (nSPS) is 12.0. The molecule has 8 nitrogen and oxygen atoms in total. The fourth-order valence-electron chi connectivity index (χ4n) is 3.67. The SMILES string of the molecule is CN(CCCCCCOc1ccc(S(=O)(=O)Nc2ccc(Cl)c3c(Cl)c[nH]c23)c(F)c1)C(=O)OC(C)(C)C. The van der Waals surface area contributed by atoms with Crippen LogP contribution in [-0.2, 0) is 14.8 Å². The number of hydrogen-bond donors (Lipinski definition) is 2. The van der Waals surface area contributed by atoms with Gasteiger partial charge in [0, 0.05) is 31.2 Å². The van der Waals surface area contributed by atoms with E-state index in [9.17, 15) is 17.6 Å². The lowest BCUT2D eigenvalue weighted by atomic mass is 10.2. The molecule has 0 unspecified atom stereocenters. The first-order chi connectivity index (χ1) is 17.8. The van der Waals surface area contributed by atoms with Crippen LogP contribution in [0.25, 0.3) is 10.9 Å². The Morgan fingerprint density at radius 1 is 1.08 bits per heavy atom. The molecule has 0 saturated carbocycles. The summed E-state index contributed by atoms with van der Waals surface area (Å²) in [5, 5.41) is 1.16. The van der Waals surface area contributed by atoms with Gasteiger partial charge < -0.3 is 19.4 Å². The Morgan fingerprint density at radius 3 is 2.47 bits per heavy atom. The lowest BCUT2D eigenvalue weighted by Gasteiger charge is -2.24. The molecule has 2 aromatic carbocycles. The van der Waals surface area contributed by atoms with E-state index in [1.54, 1.807) is 11.9 Å². The number of hydrogen-bond acceptors (Lipinski definition) is 5.